The molecule has 0 aliphatic carbocycles. The third-order valence-corrected chi connectivity index (χ3v) is 1.95. The van der Waals surface area contributed by atoms with Crippen molar-refractivity contribution in [2.45, 2.75) is 19.9 Å². The zero-order valence-corrected chi connectivity index (χ0v) is 9.11. The van der Waals surface area contributed by atoms with Crippen molar-refractivity contribution in [1.82, 2.24) is 5.32 Å². The van der Waals surface area contributed by atoms with E-state index in [1.54, 1.807) is 6.20 Å². The smallest absolute Gasteiger partial charge is 0.331 e. The second-order valence-corrected chi connectivity index (χ2v) is 3.19. The number of nitrogens with one attached hydrogen (secondary N) is 1. The highest BCUT2D eigenvalue weighted by Crippen LogP contribution is 2.15. The standard InChI is InChI=1S/C11H15NO3/c1-8-4-5-10(15-8)9(2)12-7-6-11(13)14-3/h4-7,9,12H,1-3H3/b7-6+. The molecule has 4 heteroatoms. The van der Waals surface area contributed by atoms with E-state index in [-0.39, 0.29) is 12.0 Å². The highest BCUT2D eigenvalue weighted by molar-refractivity contribution is 5.81. The van der Waals surface area contributed by atoms with Crippen molar-refractivity contribution in [3.8, 4) is 0 Å². The number of hydrogen-bond acceptors (Lipinski definition) is 4. The van der Waals surface area contributed by atoms with Gasteiger partial charge in [-0.2, -0.15) is 0 Å². The van der Waals surface area contributed by atoms with E-state index in [1.807, 2.05) is 26.0 Å². The average molecular weight is 209 g/mol. The zero-order valence-electron chi connectivity index (χ0n) is 9.11. The minimum Gasteiger partial charge on any atom is -0.466 e. The Bertz CT molecular complexity index is 354. The van der Waals surface area contributed by atoms with Gasteiger partial charge in [-0.25, -0.2) is 4.79 Å². The van der Waals surface area contributed by atoms with Gasteiger partial charge in [0.05, 0.1) is 13.2 Å². The molecule has 0 saturated carbocycles. The Balaban J connectivity index is 2.46. The van der Waals surface area contributed by atoms with Crippen molar-refractivity contribution in [2.75, 3.05) is 7.11 Å². The molecule has 1 N–H and O–H groups in total. The van der Waals surface area contributed by atoms with Gasteiger partial charge in [-0.15, -0.1) is 0 Å². The molecule has 1 aromatic rings. The second kappa shape index (κ2) is 5.24. The van der Waals surface area contributed by atoms with Crippen LogP contribution in [0.3, 0.4) is 0 Å². The first-order valence-electron chi connectivity index (χ1n) is 4.70. The fourth-order valence-electron chi connectivity index (χ4n) is 1.10. The Morgan fingerprint density at radius 2 is 2.33 bits per heavy atom. The van der Waals surface area contributed by atoms with Crippen LogP contribution < -0.4 is 5.32 Å². The molecule has 0 aliphatic heterocycles. The van der Waals surface area contributed by atoms with Crippen molar-refractivity contribution in [3.05, 3.63) is 35.9 Å². The summed E-state index contributed by atoms with van der Waals surface area (Å²) < 4.78 is 9.87. The molecule has 1 rings (SSSR count). The van der Waals surface area contributed by atoms with Gasteiger partial charge in [0, 0.05) is 12.3 Å². The predicted molar refractivity (Wildman–Crippen MR) is 56.2 cm³/mol. The maximum absolute atomic E-state index is 10.8. The van der Waals surface area contributed by atoms with Gasteiger partial charge in [-0.05, 0) is 26.0 Å². The lowest BCUT2D eigenvalue weighted by Gasteiger charge is -2.07. The van der Waals surface area contributed by atoms with Gasteiger partial charge >= 0.3 is 5.97 Å². The van der Waals surface area contributed by atoms with E-state index in [9.17, 15) is 4.79 Å². The number of carbonyl (C=O) groups is 1. The first-order valence-corrected chi connectivity index (χ1v) is 4.70. The molecule has 1 atom stereocenters. The summed E-state index contributed by atoms with van der Waals surface area (Å²) in [6, 6.07) is 3.83. The number of rotatable bonds is 4. The minimum absolute atomic E-state index is 0.0274. The molecule has 0 aromatic carbocycles. The Hall–Kier alpha value is -1.71. The van der Waals surface area contributed by atoms with Crippen LogP contribution in [-0.4, -0.2) is 13.1 Å². The third-order valence-electron chi connectivity index (χ3n) is 1.95. The first kappa shape index (κ1) is 11.4. The summed E-state index contributed by atoms with van der Waals surface area (Å²) in [6.07, 6.45) is 2.88. The summed E-state index contributed by atoms with van der Waals surface area (Å²) in [4.78, 5) is 10.8. The van der Waals surface area contributed by atoms with Crippen LogP contribution in [0.15, 0.2) is 28.8 Å². The van der Waals surface area contributed by atoms with E-state index < -0.39 is 0 Å². The summed E-state index contributed by atoms with van der Waals surface area (Å²) in [6.45, 7) is 3.83. The van der Waals surface area contributed by atoms with Gasteiger partial charge < -0.3 is 14.5 Å². The maximum Gasteiger partial charge on any atom is 0.331 e. The number of carbonyl (C=O) groups excluding carboxylic acids is 1. The highest BCUT2D eigenvalue weighted by Gasteiger charge is 2.06. The van der Waals surface area contributed by atoms with Crippen LogP contribution in [0, 0.1) is 6.92 Å². The SMILES string of the molecule is COC(=O)/C=C/NC(C)c1ccc(C)o1. The Kier molecular flexibility index (Phi) is 3.97. The van der Waals surface area contributed by atoms with E-state index in [4.69, 9.17) is 4.42 Å². The highest BCUT2D eigenvalue weighted by atomic mass is 16.5. The quantitative estimate of drug-likeness (QED) is 0.608. The van der Waals surface area contributed by atoms with Crippen molar-refractivity contribution >= 4 is 5.97 Å². The molecule has 0 fully saturated rings. The number of hydrogen-bond donors (Lipinski definition) is 1. The number of furan rings is 1. The summed E-state index contributed by atoms with van der Waals surface area (Å²) in [5.41, 5.74) is 0. The number of esters is 1. The van der Waals surface area contributed by atoms with Crippen LogP contribution in [0.2, 0.25) is 0 Å². The zero-order chi connectivity index (χ0) is 11.3. The van der Waals surface area contributed by atoms with E-state index in [1.165, 1.54) is 13.2 Å². The van der Waals surface area contributed by atoms with Gasteiger partial charge in [-0.3, -0.25) is 0 Å². The van der Waals surface area contributed by atoms with Gasteiger partial charge in [0.1, 0.15) is 11.5 Å². The summed E-state index contributed by atoms with van der Waals surface area (Å²) >= 11 is 0. The molecule has 0 aliphatic rings. The van der Waals surface area contributed by atoms with Crippen LogP contribution in [0.5, 0.6) is 0 Å². The maximum atomic E-state index is 10.8. The molecule has 4 nitrogen and oxygen atoms in total. The van der Waals surface area contributed by atoms with Gasteiger partial charge in [0.15, 0.2) is 0 Å². The topological polar surface area (TPSA) is 51.5 Å². The molecular weight excluding hydrogens is 194 g/mol. The second-order valence-electron chi connectivity index (χ2n) is 3.19. The monoisotopic (exact) mass is 209 g/mol. The predicted octanol–water partition coefficient (Wildman–Crippen LogP) is 1.93. The molecule has 0 bridgehead atoms. The van der Waals surface area contributed by atoms with Crippen molar-refractivity contribution in [2.24, 2.45) is 0 Å². The molecule has 0 amide bonds. The summed E-state index contributed by atoms with van der Waals surface area (Å²) in [7, 11) is 1.34. The van der Waals surface area contributed by atoms with Crippen LogP contribution in [0.25, 0.3) is 0 Å². The van der Waals surface area contributed by atoms with Crippen LogP contribution >= 0.6 is 0 Å². The van der Waals surface area contributed by atoms with Crippen LogP contribution in [0.4, 0.5) is 0 Å². The first-order chi connectivity index (χ1) is 7.13. The molecule has 1 unspecified atom stereocenters. The largest absolute Gasteiger partial charge is 0.466 e. The molecule has 0 spiro atoms. The third kappa shape index (κ3) is 3.50. The molecule has 15 heavy (non-hydrogen) atoms. The summed E-state index contributed by atoms with van der Waals surface area (Å²) in [5, 5.41) is 3.00. The van der Waals surface area contributed by atoms with Gasteiger partial charge in [-0.1, -0.05) is 0 Å². The molecule has 0 radical (unpaired) electrons. The summed E-state index contributed by atoms with van der Waals surface area (Å²) in [5.74, 6) is 1.32. The Morgan fingerprint density at radius 1 is 1.60 bits per heavy atom. The minimum atomic E-state index is -0.384. The molecule has 1 aromatic heterocycles. The van der Waals surface area contributed by atoms with E-state index in [0.29, 0.717) is 0 Å². The van der Waals surface area contributed by atoms with E-state index in [2.05, 4.69) is 10.1 Å². The molecule has 82 valence electrons. The van der Waals surface area contributed by atoms with E-state index >= 15 is 0 Å². The number of methoxy groups -OCH3 is 1. The van der Waals surface area contributed by atoms with Crippen molar-refractivity contribution in [1.29, 1.82) is 0 Å². The Labute approximate surface area is 88.9 Å². The number of aryl methyl sites for hydroxylation is 1. The molecule has 0 saturated heterocycles. The normalized spacial score (nSPS) is 12.7. The van der Waals surface area contributed by atoms with Crippen molar-refractivity contribution < 1.29 is 13.9 Å². The van der Waals surface area contributed by atoms with E-state index in [0.717, 1.165) is 11.5 Å². The fourth-order valence-corrected chi connectivity index (χ4v) is 1.10. The lowest BCUT2D eigenvalue weighted by atomic mass is 10.2. The lowest BCUT2D eigenvalue weighted by Crippen LogP contribution is -2.11. The Morgan fingerprint density at radius 3 is 2.87 bits per heavy atom. The fraction of sp³-hybridized carbons (Fsp3) is 0.364. The van der Waals surface area contributed by atoms with Crippen LogP contribution in [0.1, 0.15) is 24.5 Å². The van der Waals surface area contributed by atoms with Crippen LogP contribution in [-0.2, 0) is 9.53 Å². The number of ether oxygens (including phenoxy) is 1. The van der Waals surface area contributed by atoms with Crippen molar-refractivity contribution in [3.63, 3.8) is 0 Å². The molecular formula is C11H15NO3. The molecule has 1 heterocycles. The lowest BCUT2D eigenvalue weighted by molar-refractivity contribution is -0.134. The van der Waals surface area contributed by atoms with Gasteiger partial charge in [0.25, 0.3) is 0 Å². The van der Waals surface area contributed by atoms with Gasteiger partial charge in [0.2, 0.25) is 0 Å². The average Bonchev–Trinajstić information content (AvgIpc) is 2.64.